The number of nitrogens with zero attached hydrogens (tertiary/aromatic N) is 3. The Morgan fingerprint density at radius 3 is 2.54 bits per heavy atom. The molecule has 0 fully saturated rings. The van der Waals surface area contributed by atoms with Crippen molar-refractivity contribution in [2.24, 2.45) is 14.1 Å². The third-order valence-corrected chi connectivity index (χ3v) is 3.55. The summed E-state index contributed by atoms with van der Waals surface area (Å²) in [5.74, 6) is 0.0580. The van der Waals surface area contributed by atoms with Gasteiger partial charge in [-0.15, -0.1) is 0 Å². The molecule has 2 aromatic heterocycles. The largest absolute Gasteiger partial charge is 0.416 e. The number of rotatable bonds is 2. The van der Waals surface area contributed by atoms with Gasteiger partial charge < -0.3 is 10.3 Å². The SMILES string of the molecule is Cn1c(=O)c2[nH]c(Nc3cccc(C(F)(F)F)c3)nc2n(C)c1=O. The Balaban J connectivity index is 2.06. The van der Waals surface area contributed by atoms with Crippen LogP contribution in [-0.2, 0) is 20.3 Å². The predicted octanol–water partition coefficient (Wildman–Crippen LogP) is 1.72. The number of aromatic amines is 1. The summed E-state index contributed by atoms with van der Waals surface area (Å²) >= 11 is 0. The number of benzene rings is 1. The van der Waals surface area contributed by atoms with Gasteiger partial charge in [-0.05, 0) is 18.2 Å². The van der Waals surface area contributed by atoms with Gasteiger partial charge in [-0.25, -0.2) is 4.79 Å². The van der Waals surface area contributed by atoms with Gasteiger partial charge in [0.2, 0.25) is 5.95 Å². The number of alkyl halides is 3. The van der Waals surface area contributed by atoms with Crippen LogP contribution >= 0.6 is 0 Å². The van der Waals surface area contributed by atoms with Gasteiger partial charge in [0.15, 0.2) is 11.2 Å². The maximum atomic E-state index is 12.7. The number of aromatic nitrogens is 4. The molecule has 0 radical (unpaired) electrons. The third kappa shape index (κ3) is 2.55. The molecule has 24 heavy (non-hydrogen) atoms. The molecule has 0 aliphatic rings. The number of hydrogen-bond acceptors (Lipinski definition) is 4. The topological polar surface area (TPSA) is 84.7 Å². The molecule has 3 rings (SSSR count). The Kier molecular flexibility index (Phi) is 3.47. The minimum Gasteiger partial charge on any atom is -0.326 e. The summed E-state index contributed by atoms with van der Waals surface area (Å²) in [4.78, 5) is 30.7. The first-order chi connectivity index (χ1) is 11.2. The number of hydrogen-bond donors (Lipinski definition) is 2. The van der Waals surface area contributed by atoms with E-state index >= 15 is 0 Å². The fourth-order valence-corrected chi connectivity index (χ4v) is 2.30. The first-order valence-electron chi connectivity index (χ1n) is 6.78. The van der Waals surface area contributed by atoms with Crippen molar-refractivity contribution in [1.29, 1.82) is 0 Å². The molecular formula is C14H12F3N5O2. The summed E-state index contributed by atoms with van der Waals surface area (Å²) in [6.45, 7) is 0. The standard InChI is InChI=1S/C14H12F3N5O2/c1-21-10-9(11(23)22(2)13(21)24)19-12(20-10)18-8-5-3-4-7(6-8)14(15,16)17/h3-6H,1-2H3,(H2,18,19,20). The second-order valence-corrected chi connectivity index (χ2v) is 5.19. The van der Waals surface area contributed by atoms with Gasteiger partial charge in [-0.2, -0.15) is 18.2 Å². The highest BCUT2D eigenvalue weighted by Crippen LogP contribution is 2.31. The van der Waals surface area contributed by atoms with Crippen molar-refractivity contribution < 1.29 is 13.2 Å². The van der Waals surface area contributed by atoms with Gasteiger partial charge in [0.25, 0.3) is 5.56 Å². The van der Waals surface area contributed by atoms with E-state index in [0.717, 1.165) is 16.7 Å². The summed E-state index contributed by atoms with van der Waals surface area (Å²) < 4.78 is 40.3. The zero-order valence-corrected chi connectivity index (χ0v) is 12.6. The van der Waals surface area contributed by atoms with E-state index in [1.54, 1.807) is 0 Å². The highest BCUT2D eigenvalue weighted by atomic mass is 19.4. The molecule has 2 heterocycles. The van der Waals surface area contributed by atoms with Crippen molar-refractivity contribution in [2.45, 2.75) is 6.18 Å². The normalized spacial score (nSPS) is 11.9. The smallest absolute Gasteiger partial charge is 0.326 e. The average molecular weight is 339 g/mol. The summed E-state index contributed by atoms with van der Waals surface area (Å²) in [6.07, 6.45) is -4.47. The molecule has 0 unspecified atom stereocenters. The lowest BCUT2D eigenvalue weighted by molar-refractivity contribution is -0.137. The molecule has 0 saturated heterocycles. The molecule has 0 aliphatic heterocycles. The lowest BCUT2D eigenvalue weighted by Crippen LogP contribution is -2.36. The fourth-order valence-electron chi connectivity index (χ4n) is 2.30. The van der Waals surface area contributed by atoms with Gasteiger partial charge in [-0.3, -0.25) is 13.9 Å². The maximum Gasteiger partial charge on any atom is 0.416 e. The van der Waals surface area contributed by atoms with Crippen molar-refractivity contribution in [3.05, 3.63) is 50.7 Å². The van der Waals surface area contributed by atoms with Gasteiger partial charge in [0.1, 0.15) is 0 Å². The van der Waals surface area contributed by atoms with Crippen molar-refractivity contribution in [3.63, 3.8) is 0 Å². The lowest BCUT2D eigenvalue weighted by Gasteiger charge is -2.08. The molecule has 3 aromatic rings. The molecule has 126 valence electrons. The number of aryl methyl sites for hydroxylation is 1. The zero-order valence-electron chi connectivity index (χ0n) is 12.6. The number of H-pyrrole nitrogens is 1. The first kappa shape index (κ1) is 15.8. The molecular weight excluding hydrogens is 327 g/mol. The van der Waals surface area contributed by atoms with Crippen LogP contribution in [0.1, 0.15) is 5.56 Å². The maximum absolute atomic E-state index is 12.7. The van der Waals surface area contributed by atoms with Crippen LogP contribution in [0.3, 0.4) is 0 Å². The Morgan fingerprint density at radius 1 is 1.17 bits per heavy atom. The Hall–Kier alpha value is -3.04. The summed E-state index contributed by atoms with van der Waals surface area (Å²) in [7, 11) is 2.77. The quantitative estimate of drug-likeness (QED) is 0.745. The molecule has 1 aromatic carbocycles. The van der Waals surface area contributed by atoms with E-state index < -0.39 is 23.0 Å². The molecule has 0 aliphatic carbocycles. The third-order valence-electron chi connectivity index (χ3n) is 3.55. The van der Waals surface area contributed by atoms with E-state index in [-0.39, 0.29) is 22.8 Å². The first-order valence-corrected chi connectivity index (χ1v) is 6.78. The van der Waals surface area contributed by atoms with Crippen molar-refractivity contribution in [3.8, 4) is 0 Å². The summed E-state index contributed by atoms with van der Waals surface area (Å²) in [6, 6.07) is 4.55. The minimum atomic E-state index is -4.47. The minimum absolute atomic E-state index is 0.0580. The highest BCUT2D eigenvalue weighted by Gasteiger charge is 2.30. The van der Waals surface area contributed by atoms with E-state index in [1.165, 1.54) is 30.8 Å². The number of anilines is 2. The van der Waals surface area contributed by atoms with Gasteiger partial charge in [0.05, 0.1) is 5.56 Å². The Labute approximate surface area is 132 Å². The Bertz CT molecular complexity index is 1050. The molecule has 0 atom stereocenters. The summed E-state index contributed by atoms with van der Waals surface area (Å²) in [5, 5.41) is 2.67. The van der Waals surface area contributed by atoms with E-state index in [9.17, 15) is 22.8 Å². The molecule has 7 nitrogen and oxygen atoms in total. The monoisotopic (exact) mass is 339 g/mol. The molecule has 2 N–H and O–H groups in total. The zero-order chi connectivity index (χ0) is 17.6. The number of nitrogens with one attached hydrogen (secondary N) is 2. The van der Waals surface area contributed by atoms with Crippen LogP contribution in [0, 0.1) is 0 Å². The summed E-state index contributed by atoms with van der Waals surface area (Å²) in [5.41, 5.74) is -1.61. The van der Waals surface area contributed by atoms with Crippen molar-refractivity contribution in [2.75, 3.05) is 5.32 Å². The molecule has 0 amide bonds. The van der Waals surface area contributed by atoms with Gasteiger partial charge >= 0.3 is 11.9 Å². The fraction of sp³-hybridized carbons (Fsp3) is 0.214. The van der Waals surface area contributed by atoms with Crippen LogP contribution in [0.5, 0.6) is 0 Å². The van der Waals surface area contributed by atoms with E-state index in [0.29, 0.717) is 0 Å². The second kappa shape index (κ2) is 5.25. The van der Waals surface area contributed by atoms with Crippen LogP contribution in [0.4, 0.5) is 24.8 Å². The molecule has 0 bridgehead atoms. The predicted molar refractivity (Wildman–Crippen MR) is 81.3 cm³/mol. The van der Waals surface area contributed by atoms with Crippen LogP contribution in [-0.4, -0.2) is 19.1 Å². The van der Waals surface area contributed by atoms with E-state index in [4.69, 9.17) is 0 Å². The average Bonchev–Trinajstić information content (AvgIpc) is 2.94. The van der Waals surface area contributed by atoms with Crippen LogP contribution < -0.4 is 16.6 Å². The lowest BCUT2D eigenvalue weighted by atomic mass is 10.2. The van der Waals surface area contributed by atoms with Gasteiger partial charge in [-0.1, -0.05) is 6.07 Å². The highest BCUT2D eigenvalue weighted by molar-refractivity contribution is 5.74. The van der Waals surface area contributed by atoms with Crippen LogP contribution in [0.15, 0.2) is 33.9 Å². The Morgan fingerprint density at radius 2 is 1.88 bits per heavy atom. The molecule has 0 spiro atoms. The number of imidazole rings is 1. The molecule has 10 heteroatoms. The van der Waals surface area contributed by atoms with Crippen molar-refractivity contribution >= 4 is 22.8 Å². The second-order valence-electron chi connectivity index (χ2n) is 5.19. The van der Waals surface area contributed by atoms with Gasteiger partial charge in [0, 0.05) is 19.8 Å². The van der Waals surface area contributed by atoms with Crippen LogP contribution in [0.2, 0.25) is 0 Å². The van der Waals surface area contributed by atoms with E-state index in [2.05, 4.69) is 15.3 Å². The van der Waals surface area contributed by atoms with Crippen molar-refractivity contribution in [1.82, 2.24) is 19.1 Å². The number of fused-ring (bicyclic) bond motifs is 1. The number of halogens is 3. The van der Waals surface area contributed by atoms with Crippen LogP contribution in [0.25, 0.3) is 11.2 Å². The van der Waals surface area contributed by atoms with E-state index in [1.807, 2.05) is 0 Å². The molecule has 0 saturated carbocycles.